The van der Waals surface area contributed by atoms with Crippen LogP contribution in [0, 0.1) is 5.82 Å². The Labute approximate surface area is 122 Å². The van der Waals surface area contributed by atoms with Crippen molar-refractivity contribution in [3.63, 3.8) is 0 Å². The molecule has 2 aromatic rings. The van der Waals surface area contributed by atoms with Gasteiger partial charge in [-0.15, -0.1) is 0 Å². The number of nitrogens with one attached hydrogen (secondary N) is 2. The van der Waals surface area contributed by atoms with E-state index in [0.29, 0.717) is 0 Å². The third-order valence-corrected chi connectivity index (χ3v) is 2.94. The maximum Gasteiger partial charge on any atom is 0.313 e. The van der Waals surface area contributed by atoms with E-state index in [2.05, 4.69) is 10.6 Å². The van der Waals surface area contributed by atoms with Crippen LogP contribution in [0.15, 0.2) is 54.6 Å². The first kappa shape index (κ1) is 14.7. The number of hydrogen-bond acceptors (Lipinski definition) is 2. The standard InChI is InChI=1S/C16H15FN2O2/c1-11(12-6-3-2-4-7-12)18-15(20)16(21)19-14-9-5-8-13(17)10-14/h2-11H,1H3,(H,18,20)(H,19,21)/t11-/m0/s1. The molecule has 0 saturated carbocycles. The second-order valence-electron chi connectivity index (χ2n) is 4.57. The van der Waals surface area contributed by atoms with Gasteiger partial charge in [0.15, 0.2) is 0 Å². The van der Waals surface area contributed by atoms with Crippen molar-refractivity contribution in [2.24, 2.45) is 0 Å². The van der Waals surface area contributed by atoms with Gasteiger partial charge in [0, 0.05) is 5.69 Å². The zero-order valence-corrected chi connectivity index (χ0v) is 11.5. The minimum atomic E-state index is -0.830. The lowest BCUT2D eigenvalue weighted by Gasteiger charge is -2.14. The smallest absolute Gasteiger partial charge is 0.313 e. The van der Waals surface area contributed by atoms with Crippen molar-refractivity contribution in [3.05, 3.63) is 66.0 Å². The van der Waals surface area contributed by atoms with E-state index in [9.17, 15) is 14.0 Å². The van der Waals surface area contributed by atoms with E-state index in [0.717, 1.165) is 11.6 Å². The number of carbonyl (C=O) groups excluding carboxylic acids is 2. The molecule has 4 nitrogen and oxygen atoms in total. The molecule has 1 atom stereocenters. The summed E-state index contributed by atoms with van der Waals surface area (Å²) in [5.74, 6) is -2.08. The Kier molecular flexibility index (Phi) is 4.66. The molecule has 0 saturated heterocycles. The van der Waals surface area contributed by atoms with Crippen molar-refractivity contribution in [3.8, 4) is 0 Å². The number of rotatable bonds is 3. The summed E-state index contributed by atoms with van der Waals surface area (Å²) in [6.45, 7) is 1.78. The highest BCUT2D eigenvalue weighted by atomic mass is 19.1. The molecule has 21 heavy (non-hydrogen) atoms. The Hall–Kier alpha value is -2.69. The van der Waals surface area contributed by atoms with Crippen molar-refractivity contribution in [1.82, 2.24) is 5.32 Å². The zero-order chi connectivity index (χ0) is 15.2. The number of benzene rings is 2. The minimum absolute atomic E-state index is 0.238. The van der Waals surface area contributed by atoms with Crippen LogP contribution in [0.2, 0.25) is 0 Å². The van der Waals surface area contributed by atoms with E-state index in [4.69, 9.17) is 0 Å². The fraction of sp³-hybridized carbons (Fsp3) is 0.125. The summed E-state index contributed by atoms with van der Waals surface area (Å²) in [6, 6.07) is 14.4. The van der Waals surface area contributed by atoms with E-state index in [1.54, 1.807) is 6.92 Å². The monoisotopic (exact) mass is 286 g/mol. The third kappa shape index (κ3) is 4.14. The maximum atomic E-state index is 13.0. The normalized spacial score (nSPS) is 11.5. The molecule has 0 heterocycles. The Morgan fingerprint density at radius 2 is 1.71 bits per heavy atom. The summed E-state index contributed by atoms with van der Waals surface area (Å²) in [5, 5.41) is 4.93. The molecule has 0 fully saturated rings. The largest absolute Gasteiger partial charge is 0.341 e. The van der Waals surface area contributed by atoms with Crippen LogP contribution < -0.4 is 10.6 Å². The van der Waals surface area contributed by atoms with Crippen molar-refractivity contribution in [2.75, 3.05) is 5.32 Å². The van der Waals surface area contributed by atoms with Crippen molar-refractivity contribution >= 4 is 17.5 Å². The van der Waals surface area contributed by atoms with Crippen LogP contribution in [0.1, 0.15) is 18.5 Å². The summed E-state index contributed by atoms with van der Waals surface area (Å²) in [5.41, 5.74) is 1.13. The van der Waals surface area contributed by atoms with Crippen LogP contribution in [-0.4, -0.2) is 11.8 Å². The highest BCUT2D eigenvalue weighted by Gasteiger charge is 2.17. The molecule has 0 aliphatic heterocycles. The Bertz CT molecular complexity index is 644. The molecule has 2 amide bonds. The molecule has 2 aromatic carbocycles. The highest BCUT2D eigenvalue weighted by Crippen LogP contribution is 2.12. The lowest BCUT2D eigenvalue weighted by atomic mass is 10.1. The molecule has 0 aliphatic carbocycles. The molecule has 0 unspecified atom stereocenters. The summed E-state index contributed by atoms with van der Waals surface area (Å²) in [4.78, 5) is 23.5. The summed E-state index contributed by atoms with van der Waals surface area (Å²) in [6.07, 6.45) is 0. The van der Waals surface area contributed by atoms with Gasteiger partial charge in [0.25, 0.3) is 0 Å². The van der Waals surface area contributed by atoms with Gasteiger partial charge in [0.1, 0.15) is 5.82 Å². The second-order valence-corrected chi connectivity index (χ2v) is 4.57. The van der Waals surface area contributed by atoms with Crippen LogP contribution >= 0.6 is 0 Å². The summed E-state index contributed by atoms with van der Waals surface area (Å²) in [7, 11) is 0. The first-order valence-corrected chi connectivity index (χ1v) is 6.48. The fourth-order valence-electron chi connectivity index (χ4n) is 1.84. The third-order valence-electron chi connectivity index (χ3n) is 2.94. The fourth-order valence-corrected chi connectivity index (χ4v) is 1.84. The first-order chi connectivity index (χ1) is 10.1. The number of hydrogen-bond donors (Lipinski definition) is 2. The second kappa shape index (κ2) is 6.65. The van der Waals surface area contributed by atoms with Gasteiger partial charge in [-0.2, -0.15) is 0 Å². The zero-order valence-electron chi connectivity index (χ0n) is 11.5. The van der Waals surface area contributed by atoms with Crippen molar-refractivity contribution in [1.29, 1.82) is 0 Å². The van der Waals surface area contributed by atoms with E-state index < -0.39 is 17.6 Å². The van der Waals surface area contributed by atoms with E-state index >= 15 is 0 Å². The van der Waals surface area contributed by atoms with Crippen LogP contribution in [0.25, 0.3) is 0 Å². The number of anilines is 1. The number of amides is 2. The summed E-state index contributed by atoms with van der Waals surface area (Å²) < 4.78 is 13.0. The van der Waals surface area contributed by atoms with Gasteiger partial charge in [-0.25, -0.2) is 4.39 Å². The van der Waals surface area contributed by atoms with Crippen LogP contribution in [-0.2, 0) is 9.59 Å². The van der Waals surface area contributed by atoms with Gasteiger partial charge < -0.3 is 10.6 Å². The molecule has 0 spiro atoms. The molecule has 108 valence electrons. The lowest BCUT2D eigenvalue weighted by molar-refractivity contribution is -0.136. The van der Waals surface area contributed by atoms with Crippen LogP contribution in [0.3, 0.4) is 0 Å². The van der Waals surface area contributed by atoms with E-state index in [-0.39, 0.29) is 11.7 Å². The predicted octanol–water partition coefficient (Wildman–Crippen LogP) is 2.64. The Balaban J connectivity index is 1.95. The average molecular weight is 286 g/mol. The summed E-state index contributed by atoms with van der Waals surface area (Å²) >= 11 is 0. The SMILES string of the molecule is C[C@H](NC(=O)C(=O)Nc1cccc(F)c1)c1ccccc1. The Morgan fingerprint density at radius 1 is 1.00 bits per heavy atom. The van der Waals surface area contributed by atoms with Gasteiger partial charge >= 0.3 is 11.8 Å². The first-order valence-electron chi connectivity index (χ1n) is 6.48. The van der Waals surface area contributed by atoms with Gasteiger partial charge in [0.2, 0.25) is 0 Å². The molecule has 0 radical (unpaired) electrons. The molecule has 0 aromatic heterocycles. The van der Waals surface area contributed by atoms with Crippen molar-refractivity contribution in [2.45, 2.75) is 13.0 Å². The van der Waals surface area contributed by atoms with Gasteiger partial charge in [-0.3, -0.25) is 9.59 Å². The average Bonchev–Trinajstić information content (AvgIpc) is 2.48. The quantitative estimate of drug-likeness (QED) is 0.852. The molecule has 5 heteroatoms. The maximum absolute atomic E-state index is 13.0. The molecular formula is C16H15FN2O2. The van der Waals surface area contributed by atoms with Gasteiger partial charge in [-0.05, 0) is 30.7 Å². The molecule has 2 N–H and O–H groups in total. The lowest BCUT2D eigenvalue weighted by Crippen LogP contribution is -2.36. The van der Waals surface area contributed by atoms with Gasteiger partial charge in [0.05, 0.1) is 6.04 Å². The van der Waals surface area contributed by atoms with Crippen LogP contribution in [0.5, 0.6) is 0 Å². The molecular weight excluding hydrogens is 271 g/mol. The van der Waals surface area contributed by atoms with E-state index in [1.807, 2.05) is 30.3 Å². The minimum Gasteiger partial charge on any atom is -0.341 e. The van der Waals surface area contributed by atoms with Crippen LogP contribution in [0.4, 0.5) is 10.1 Å². The Morgan fingerprint density at radius 3 is 2.38 bits per heavy atom. The number of carbonyl (C=O) groups is 2. The predicted molar refractivity (Wildman–Crippen MR) is 78.0 cm³/mol. The highest BCUT2D eigenvalue weighted by molar-refractivity contribution is 6.39. The topological polar surface area (TPSA) is 58.2 Å². The van der Waals surface area contributed by atoms with Crippen molar-refractivity contribution < 1.29 is 14.0 Å². The molecule has 0 bridgehead atoms. The number of halogens is 1. The molecule has 2 rings (SSSR count). The van der Waals surface area contributed by atoms with Gasteiger partial charge in [-0.1, -0.05) is 36.4 Å². The van der Waals surface area contributed by atoms with E-state index in [1.165, 1.54) is 18.2 Å². The molecule has 0 aliphatic rings.